The van der Waals surface area contributed by atoms with Gasteiger partial charge < -0.3 is 9.64 Å². The zero-order valence-electron chi connectivity index (χ0n) is 20.6. The molecule has 0 amide bonds. The Bertz CT molecular complexity index is 1610. The maximum absolute atomic E-state index is 15.2. The maximum Gasteiger partial charge on any atom is 0.261 e. The van der Waals surface area contributed by atoms with Gasteiger partial charge in [-0.05, 0) is 49.4 Å². The summed E-state index contributed by atoms with van der Waals surface area (Å²) in [4.78, 5) is 25.7. The van der Waals surface area contributed by atoms with Gasteiger partial charge in [0.2, 0.25) is 0 Å². The molecule has 3 aliphatic carbocycles. The number of anilines is 1. The van der Waals surface area contributed by atoms with Gasteiger partial charge in [0.25, 0.3) is 5.56 Å². The molecule has 4 fully saturated rings. The Morgan fingerprint density at radius 2 is 1.97 bits per heavy atom. The Balaban J connectivity index is 1.40. The molecule has 1 saturated heterocycles. The van der Waals surface area contributed by atoms with Crippen LogP contribution in [0.5, 0.6) is 0 Å². The topological polar surface area (TPSA) is 78.1 Å². The summed E-state index contributed by atoms with van der Waals surface area (Å²) < 4.78 is 24.7. The van der Waals surface area contributed by atoms with Crippen molar-refractivity contribution in [2.75, 3.05) is 24.6 Å². The third-order valence-corrected chi connectivity index (χ3v) is 8.47. The summed E-state index contributed by atoms with van der Waals surface area (Å²) >= 11 is 6.06. The van der Waals surface area contributed by atoms with Gasteiger partial charge in [-0.1, -0.05) is 11.6 Å². The van der Waals surface area contributed by atoms with Crippen LogP contribution in [0.1, 0.15) is 36.8 Å². The zero-order chi connectivity index (χ0) is 25.5. The molecule has 0 radical (unpaired) electrons. The number of morpholine rings is 1. The number of aromatic nitrogens is 5. The van der Waals surface area contributed by atoms with Crippen molar-refractivity contribution in [3.05, 3.63) is 69.2 Å². The van der Waals surface area contributed by atoms with E-state index in [0.717, 1.165) is 36.6 Å². The predicted molar refractivity (Wildman–Crippen MR) is 138 cm³/mol. The van der Waals surface area contributed by atoms with Crippen LogP contribution < -0.4 is 10.5 Å². The molecule has 3 saturated carbocycles. The fourth-order valence-corrected chi connectivity index (χ4v) is 6.34. The molecule has 3 aromatic heterocycles. The minimum atomic E-state index is -0.497. The van der Waals surface area contributed by atoms with Crippen LogP contribution in [-0.2, 0) is 24.2 Å². The molecule has 190 valence electrons. The number of pyridine rings is 1. The number of benzene rings is 1. The Kier molecular flexibility index (Phi) is 5.00. The lowest BCUT2D eigenvalue weighted by molar-refractivity contribution is -0.0373. The van der Waals surface area contributed by atoms with Crippen molar-refractivity contribution in [1.82, 2.24) is 24.3 Å². The first-order chi connectivity index (χ1) is 17.8. The first-order valence-corrected chi connectivity index (χ1v) is 12.9. The van der Waals surface area contributed by atoms with Crippen LogP contribution in [0, 0.1) is 11.7 Å². The second-order valence-electron chi connectivity index (χ2n) is 10.7. The Hall–Kier alpha value is -3.30. The van der Waals surface area contributed by atoms with Gasteiger partial charge in [0.05, 0.1) is 18.2 Å². The summed E-state index contributed by atoms with van der Waals surface area (Å²) in [5.74, 6) is 1.60. The molecule has 1 atom stereocenters. The quantitative estimate of drug-likeness (QED) is 0.402. The number of halogens is 2. The Morgan fingerprint density at radius 3 is 2.65 bits per heavy atom. The zero-order valence-corrected chi connectivity index (χ0v) is 21.4. The van der Waals surface area contributed by atoms with Gasteiger partial charge in [-0.3, -0.25) is 14.0 Å². The predicted octanol–water partition coefficient (Wildman–Crippen LogP) is 4.15. The van der Waals surface area contributed by atoms with E-state index in [9.17, 15) is 4.79 Å². The molecular formula is C27H26ClFN6O2. The highest BCUT2D eigenvalue weighted by molar-refractivity contribution is 6.30. The smallest absolute Gasteiger partial charge is 0.261 e. The van der Waals surface area contributed by atoms with E-state index >= 15 is 4.39 Å². The van der Waals surface area contributed by atoms with Crippen molar-refractivity contribution < 1.29 is 9.13 Å². The van der Waals surface area contributed by atoms with Gasteiger partial charge in [0.1, 0.15) is 34.8 Å². The van der Waals surface area contributed by atoms with E-state index in [0.29, 0.717) is 47.1 Å². The van der Waals surface area contributed by atoms with E-state index in [4.69, 9.17) is 26.3 Å². The van der Waals surface area contributed by atoms with Crippen molar-refractivity contribution in [3.8, 4) is 11.3 Å². The van der Waals surface area contributed by atoms with Crippen molar-refractivity contribution in [3.63, 3.8) is 0 Å². The van der Waals surface area contributed by atoms with Crippen molar-refractivity contribution in [1.29, 1.82) is 0 Å². The molecule has 10 heteroatoms. The van der Waals surface area contributed by atoms with Gasteiger partial charge in [0.15, 0.2) is 0 Å². The van der Waals surface area contributed by atoms with E-state index in [-0.39, 0.29) is 22.6 Å². The van der Waals surface area contributed by atoms with Gasteiger partial charge in [-0.2, -0.15) is 5.10 Å². The van der Waals surface area contributed by atoms with Crippen LogP contribution in [0.4, 0.5) is 10.2 Å². The van der Waals surface area contributed by atoms with E-state index in [1.807, 2.05) is 13.2 Å². The van der Waals surface area contributed by atoms with Crippen molar-refractivity contribution >= 4 is 28.3 Å². The number of ether oxygens (including phenoxy) is 1. The Labute approximate surface area is 217 Å². The van der Waals surface area contributed by atoms with Crippen LogP contribution in [-0.4, -0.2) is 44.0 Å². The number of hydrogen-bond acceptors (Lipinski definition) is 6. The highest BCUT2D eigenvalue weighted by Gasteiger charge is 2.59. The first-order valence-electron chi connectivity index (χ1n) is 12.5. The minimum Gasteiger partial charge on any atom is -0.370 e. The highest BCUT2D eigenvalue weighted by atomic mass is 35.5. The van der Waals surface area contributed by atoms with E-state index in [2.05, 4.69) is 10.00 Å². The van der Waals surface area contributed by atoms with Gasteiger partial charge >= 0.3 is 0 Å². The van der Waals surface area contributed by atoms with Gasteiger partial charge in [0, 0.05) is 54.9 Å². The van der Waals surface area contributed by atoms with Crippen molar-refractivity contribution in [2.24, 2.45) is 20.0 Å². The molecular weight excluding hydrogens is 495 g/mol. The molecule has 1 aliphatic heterocycles. The van der Waals surface area contributed by atoms with Crippen LogP contribution in [0.15, 0.2) is 41.5 Å². The molecule has 4 heterocycles. The Morgan fingerprint density at radius 1 is 1.16 bits per heavy atom. The third kappa shape index (κ3) is 3.51. The molecule has 8 rings (SSSR count). The van der Waals surface area contributed by atoms with E-state index in [1.54, 1.807) is 40.7 Å². The van der Waals surface area contributed by atoms with Gasteiger partial charge in [-0.25, -0.2) is 14.4 Å². The molecule has 37 heavy (non-hydrogen) atoms. The lowest BCUT2D eigenvalue weighted by Gasteiger charge is -2.61. The van der Waals surface area contributed by atoms with E-state index < -0.39 is 5.82 Å². The highest BCUT2D eigenvalue weighted by Crippen LogP contribution is 2.64. The number of rotatable bonds is 4. The molecule has 2 bridgehead atoms. The summed E-state index contributed by atoms with van der Waals surface area (Å²) in [6.45, 7) is 1.61. The number of aryl methyl sites for hydroxylation is 1. The summed E-state index contributed by atoms with van der Waals surface area (Å²) in [7, 11) is 3.66. The first kappa shape index (κ1) is 22.9. The maximum atomic E-state index is 15.2. The molecule has 0 spiro atoms. The van der Waals surface area contributed by atoms with Gasteiger partial charge in [-0.15, -0.1) is 0 Å². The molecule has 0 N–H and O–H groups in total. The SMILES string of the molecule is Cn1cc([C@@H]2CN(c3cc4c(=O)n(C)c(C56CC(C5)C6)nc4c(-c4ccc(Cl)cc4F)n3)CCO2)cn1. The second kappa shape index (κ2) is 8.10. The van der Waals surface area contributed by atoms with Crippen LogP contribution in [0.3, 0.4) is 0 Å². The minimum absolute atomic E-state index is 0.0393. The van der Waals surface area contributed by atoms with Crippen LogP contribution in [0.25, 0.3) is 22.2 Å². The number of fused-ring (bicyclic) bond motifs is 1. The monoisotopic (exact) mass is 520 g/mol. The number of hydrogen-bond donors (Lipinski definition) is 0. The molecule has 4 aliphatic rings. The lowest BCUT2D eigenvalue weighted by atomic mass is 9.44. The summed E-state index contributed by atoms with van der Waals surface area (Å²) in [5.41, 5.74) is 1.86. The third-order valence-electron chi connectivity index (χ3n) is 8.24. The fraction of sp³-hybridized carbons (Fsp3) is 0.407. The largest absolute Gasteiger partial charge is 0.370 e. The van der Waals surface area contributed by atoms with E-state index in [1.165, 1.54) is 6.07 Å². The average Bonchev–Trinajstić information content (AvgIpc) is 3.26. The summed E-state index contributed by atoms with van der Waals surface area (Å²) in [6, 6.07) is 6.31. The molecule has 1 aromatic carbocycles. The molecule has 8 nitrogen and oxygen atoms in total. The molecule has 4 aromatic rings. The van der Waals surface area contributed by atoms with Crippen LogP contribution >= 0.6 is 11.6 Å². The normalized spacial score (nSPS) is 24.7. The molecule has 0 unspecified atom stereocenters. The average molecular weight is 521 g/mol. The standard InChI is InChI=1S/C27H26ClFN6O2/c1-33-13-16(12-30-33)21-14-35(5-6-37-21)22-8-19-24(23(31-22)18-4-3-17(28)7-20(18)29)32-26(34(2)25(19)36)27-9-15(10-27)11-27/h3-4,7-8,12-13,15,21H,5-6,9-11,14H2,1-2H3/t15?,21-,27?/m0/s1. The lowest BCUT2D eigenvalue weighted by Crippen LogP contribution is -2.57. The summed E-state index contributed by atoms with van der Waals surface area (Å²) in [6.07, 6.45) is 6.70. The van der Waals surface area contributed by atoms with Crippen LogP contribution in [0.2, 0.25) is 5.02 Å². The summed E-state index contributed by atoms with van der Waals surface area (Å²) in [5, 5.41) is 4.99. The number of nitrogens with zero attached hydrogens (tertiary/aromatic N) is 6. The van der Waals surface area contributed by atoms with Crippen molar-refractivity contribution in [2.45, 2.75) is 30.8 Å². The fourth-order valence-electron chi connectivity index (χ4n) is 6.18. The second-order valence-corrected chi connectivity index (χ2v) is 11.1.